The molecule has 4 nitrogen and oxygen atoms in total. The monoisotopic (exact) mass is 259 g/mol. The molecule has 0 radical (unpaired) electrons. The Hall–Kier alpha value is -1.41. The van der Waals surface area contributed by atoms with Crippen molar-refractivity contribution in [1.82, 2.24) is 10.2 Å². The molecule has 0 aromatic heterocycles. The fraction of sp³-hybridized carbons (Fsp3) is 0.533. The predicted octanol–water partition coefficient (Wildman–Crippen LogP) is 1.37. The average Bonchev–Trinajstić information content (AvgIpc) is 2.48. The minimum Gasteiger partial charge on any atom is -0.374 e. The minimum absolute atomic E-state index is 0.284. The van der Waals surface area contributed by atoms with E-state index in [0.717, 1.165) is 39.3 Å². The second-order valence-corrected chi connectivity index (χ2v) is 4.83. The Labute approximate surface area is 115 Å². The van der Waals surface area contributed by atoms with Crippen molar-refractivity contribution in [2.45, 2.75) is 19.6 Å². The Morgan fingerprint density at radius 1 is 1.42 bits per heavy atom. The van der Waals surface area contributed by atoms with E-state index >= 15 is 0 Å². The second kappa shape index (κ2) is 7.25. The zero-order valence-electron chi connectivity index (χ0n) is 11.4. The van der Waals surface area contributed by atoms with Gasteiger partial charge in [-0.15, -0.1) is 0 Å². The molecule has 0 saturated carbocycles. The highest BCUT2D eigenvalue weighted by atomic mass is 16.5. The summed E-state index contributed by atoms with van der Waals surface area (Å²) in [6.45, 7) is 7.85. The van der Waals surface area contributed by atoms with Crippen molar-refractivity contribution in [1.29, 1.82) is 5.26 Å². The Kier molecular flexibility index (Phi) is 5.34. The molecule has 0 bridgehead atoms. The van der Waals surface area contributed by atoms with Gasteiger partial charge in [0.25, 0.3) is 0 Å². The predicted molar refractivity (Wildman–Crippen MR) is 74.7 cm³/mol. The van der Waals surface area contributed by atoms with Crippen LogP contribution in [0.2, 0.25) is 0 Å². The van der Waals surface area contributed by atoms with Crippen LogP contribution in [0.1, 0.15) is 18.1 Å². The molecule has 1 atom stereocenters. The summed E-state index contributed by atoms with van der Waals surface area (Å²) in [5.41, 5.74) is 1.90. The van der Waals surface area contributed by atoms with E-state index in [1.54, 1.807) is 0 Å². The van der Waals surface area contributed by atoms with Crippen molar-refractivity contribution in [2.24, 2.45) is 0 Å². The standard InChI is InChI=1S/C15H21N3O/c1-2-18-7-8-19-15(12-18)11-17-10-14-5-3-13(9-16)4-6-14/h3-6,15,17H,2,7-8,10-12H2,1H3. The smallest absolute Gasteiger partial charge is 0.0991 e. The van der Waals surface area contributed by atoms with Gasteiger partial charge in [0.05, 0.1) is 24.3 Å². The number of benzene rings is 1. The zero-order valence-corrected chi connectivity index (χ0v) is 11.4. The van der Waals surface area contributed by atoms with E-state index in [4.69, 9.17) is 10.00 Å². The van der Waals surface area contributed by atoms with E-state index in [1.807, 2.05) is 24.3 Å². The molecule has 1 aromatic carbocycles. The molecule has 0 aliphatic carbocycles. The summed E-state index contributed by atoms with van der Waals surface area (Å²) in [5, 5.41) is 12.2. The maximum absolute atomic E-state index is 8.74. The van der Waals surface area contributed by atoms with Crippen LogP contribution in [0.3, 0.4) is 0 Å². The molecule has 0 spiro atoms. The maximum Gasteiger partial charge on any atom is 0.0991 e. The normalized spacial score (nSPS) is 20.1. The molecular weight excluding hydrogens is 238 g/mol. The van der Waals surface area contributed by atoms with Crippen LogP contribution in [-0.4, -0.2) is 43.8 Å². The van der Waals surface area contributed by atoms with Gasteiger partial charge in [-0.1, -0.05) is 19.1 Å². The van der Waals surface area contributed by atoms with Crippen molar-refractivity contribution >= 4 is 0 Å². The second-order valence-electron chi connectivity index (χ2n) is 4.83. The third-order valence-electron chi connectivity index (χ3n) is 3.45. The number of hydrogen-bond acceptors (Lipinski definition) is 4. The van der Waals surface area contributed by atoms with Crippen LogP contribution >= 0.6 is 0 Å². The zero-order chi connectivity index (χ0) is 13.5. The molecule has 0 amide bonds. The molecule has 1 aromatic rings. The Morgan fingerprint density at radius 2 is 2.21 bits per heavy atom. The molecule has 1 aliphatic rings. The van der Waals surface area contributed by atoms with Crippen LogP contribution in [0.25, 0.3) is 0 Å². The highest BCUT2D eigenvalue weighted by molar-refractivity contribution is 5.31. The quantitative estimate of drug-likeness (QED) is 0.867. The number of likely N-dealkylation sites (N-methyl/N-ethyl adjacent to an activating group) is 1. The molecule has 1 aliphatic heterocycles. The fourth-order valence-corrected chi connectivity index (χ4v) is 2.27. The maximum atomic E-state index is 8.74. The highest BCUT2D eigenvalue weighted by Gasteiger charge is 2.18. The van der Waals surface area contributed by atoms with E-state index in [2.05, 4.69) is 23.2 Å². The van der Waals surface area contributed by atoms with E-state index < -0.39 is 0 Å². The summed E-state index contributed by atoms with van der Waals surface area (Å²) in [7, 11) is 0. The van der Waals surface area contributed by atoms with Gasteiger partial charge in [0.15, 0.2) is 0 Å². The average molecular weight is 259 g/mol. The molecule has 102 valence electrons. The van der Waals surface area contributed by atoms with Gasteiger partial charge in [0.2, 0.25) is 0 Å². The third kappa shape index (κ3) is 4.32. The van der Waals surface area contributed by atoms with Crippen molar-refractivity contribution < 1.29 is 4.74 Å². The van der Waals surface area contributed by atoms with Crippen molar-refractivity contribution in [3.8, 4) is 6.07 Å². The van der Waals surface area contributed by atoms with E-state index in [9.17, 15) is 0 Å². The number of ether oxygens (including phenoxy) is 1. The molecular formula is C15H21N3O. The Balaban J connectivity index is 1.72. The van der Waals surface area contributed by atoms with Gasteiger partial charge in [-0.05, 0) is 24.2 Å². The Morgan fingerprint density at radius 3 is 2.89 bits per heavy atom. The van der Waals surface area contributed by atoms with Gasteiger partial charge in [-0.2, -0.15) is 5.26 Å². The molecule has 19 heavy (non-hydrogen) atoms. The lowest BCUT2D eigenvalue weighted by Crippen LogP contribution is -2.46. The van der Waals surface area contributed by atoms with E-state index in [0.29, 0.717) is 5.56 Å². The fourth-order valence-electron chi connectivity index (χ4n) is 2.27. The summed E-state index contributed by atoms with van der Waals surface area (Å²) in [6, 6.07) is 9.82. The number of rotatable bonds is 5. The highest BCUT2D eigenvalue weighted by Crippen LogP contribution is 2.05. The first-order chi connectivity index (χ1) is 9.31. The van der Waals surface area contributed by atoms with Crippen LogP contribution in [0.5, 0.6) is 0 Å². The van der Waals surface area contributed by atoms with Crippen LogP contribution in [-0.2, 0) is 11.3 Å². The largest absolute Gasteiger partial charge is 0.374 e. The number of nitrogens with zero attached hydrogens (tertiary/aromatic N) is 2. The van der Waals surface area contributed by atoms with Crippen LogP contribution in [0, 0.1) is 11.3 Å². The van der Waals surface area contributed by atoms with Gasteiger partial charge < -0.3 is 10.1 Å². The lowest BCUT2D eigenvalue weighted by atomic mass is 10.1. The van der Waals surface area contributed by atoms with Gasteiger partial charge in [0.1, 0.15) is 0 Å². The lowest BCUT2D eigenvalue weighted by Gasteiger charge is -2.32. The van der Waals surface area contributed by atoms with E-state index in [-0.39, 0.29) is 6.10 Å². The van der Waals surface area contributed by atoms with E-state index in [1.165, 1.54) is 5.56 Å². The summed E-state index contributed by atoms with van der Waals surface area (Å²) in [5.74, 6) is 0. The number of nitriles is 1. The summed E-state index contributed by atoms with van der Waals surface area (Å²) in [4.78, 5) is 2.41. The molecule has 1 saturated heterocycles. The summed E-state index contributed by atoms with van der Waals surface area (Å²) < 4.78 is 5.74. The molecule has 1 N–H and O–H groups in total. The summed E-state index contributed by atoms with van der Waals surface area (Å²) in [6.07, 6.45) is 0.284. The lowest BCUT2D eigenvalue weighted by molar-refractivity contribution is -0.0253. The molecule has 2 rings (SSSR count). The van der Waals surface area contributed by atoms with Crippen molar-refractivity contribution in [3.63, 3.8) is 0 Å². The first kappa shape index (κ1) is 14.0. The van der Waals surface area contributed by atoms with Gasteiger partial charge in [-0.3, -0.25) is 4.90 Å². The van der Waals surface area contributed by atoms with Gasteiger partial charge in [0, 0.05) is 26.2 Å². The third-order valence-corrected chi connectivity index (χ3v) is 3.45. The summed E-state index contributed by atoms with van der Waals surface area (Å²) >= 11 is 0. The number of morpholine rings is 1. The number of nitrogens with one attached hydrogen (secondary N) is 1. The van der Waals surface area contributed by atoms with Crippen LogP contribution in [0.15, 0.2) is 24.3 Å². The molecule has 1 fully saturated rings. The topological polar surface area (TPSA) is 48.3 Å². The molecule has 4 heteroatoms. The van der Waals surface area contributed by atoms with Crippen molar-refractivity contribution in [3.05, 3.63) is 35.4 Å². The molecule has 1 unspecified atom stereocenters. The molecule has 1 heterocycles. The number of hydrogen-bond donors (Lipinski definition) is 1. The van der Waals surface area contributed by atoms with Crippen LogP contribution < -0.4 is 5.32 Å². The van der Waals surface area contributed by atoms with Crippen molar-refractivity contribution in [2.75, 3.05) is 32.8 Å². The SMILES string of the molecule is CCN1CCOC(CNCc2ccc(C#N)cc2)C1. The first-order valence-corrected chi connectivity index (χ1v) is 6.85. The Bertz CT molecular complexity index is 424. The van der Waals surface area contributed by atoms with Crippen LogP contribution in [0.4, 0.5) is 0 Å². The minimum atomic E-state index is 0.284. The first-order valence-electron chi connectivity index (χ1n) is 6.85. The van der Waals surface area contributed by atoms with Gasteiger partial charge in [-0.25, -0.2) is 0 Å². The van der Waals surface area contributed by atoms with Gasteiger partial charge >= 0.3 is 0 Å².